The Balaban J connectivity index is 1.71. The van der Waals surface area contributed by atoms with Crippen LogP contribution in [0.3, 0.4) is 0 Å². The Morgan fingerprint density at radius 3 is 1.90 bits per heavy atom. The lowest BCUT2D eigenvalue weighted by atomic mass is 10.1. The Morgan fingerprint density at radius 2 is 1.42 bits per heavy atom. The van der Waals surface area contributed by atoms with Crippen molar-refractivity contribution in [3.8, 4) is 0 Å². The van der Waals surface area contributed by atoms with Gasteiger partial charge in [0.25, 0.3) is 17.7 Å². The molecule has 162 valence electrons. The van der Waals surface area contributed by atoms with Gasteiger partial charge in [0.1, 0.15) is 6.04 Å². The smallest absolute Gasteiger partial charge is 0.329 e. The maximum absolute atomic E-state index is 12.8. The van der Waals surface area contributed by atoms with Gasteiger partial charge in [-0.1, -0.05) is 64.1 Å². The van der Waals surface area contributed by atoms with Gasteiger partial charge in [-0.3, -0.25) is 19.3 Å². The first-order valence-electron chi connectivity index (χ1n) is 8.81. The summed E-state index contributed by atoms with van der Waals surface area (Å²) < 4.78 is 4.96. The number of nitrogens with zero attached hydrogens (tertiary/aromatic N) is 1. The minimum atomic E-state index is -1.36. The fourth-order valence-corrected chi connectivity index (χ4v) is 3.93. The first-order valence-corrected chi connectivity index (χ1v) is 10.3. The van der Waals surface area contributed by atoms with Crippen LogP contribution in [0, 0.1) is 6.92 Å². The minimum Gasteiger partial charge on any atom is -0.454 e. The zero-order valence-corrected chi connectivity index (χ0v) is 19.1. The number of halogens is 4. The molecular formula is C20H14Cl4N2O5. The molecule has 2 aromatic carbocycles. The molecule has 0 saturated carbocycles. The van der Waals surface area contributed by atoms with E-state index in [0.717, 1.165) is 5.56 Å². The lowest BCUT2D eigenvalue weighted by Gasteiger charge is -2.20. The summed E-state index contributed by atoms with van der Waals surface area (Å²) in [6.07, 6.45) is 0. The number of ether oxygens (including phenoxy) is 1. The zero-order chi connectivity index (χ0) is 23.0. The van der Waals surface area contributed by atoms with Crippen LogP contribution in [0.5, 0.6) is 0 Å². The van der Waals surface area contributed by atoms with Crippen LogP contribution in [0.15, 0.2) is 24.3 Å². The Labute approximate surface area is 197 Å². The SMILES string of the molecule is Cc1ccc(NC(=O)COC(=O)[C@H](C)N2C(=O)c3c(Cl)c(Cl)c(Cl)c(Cl)c3C2=O)cc1. The van der Waals surface area contributed by atoms with Crippen LogP contribution < -0.4 is 5.32 Å². The summed E-state index contributed by atoms with van der Waals surface area (Å²) >= 11 is 24.1. The van der Waals surface area contributed by atoms with E-state index >= 15 is 0 Å². The Kier molecular flexibility index (Phi) is 6.81. The molecule has 0 bridgehead atoms. The number of anilines is 1. The van der Waals surface area contributed by atoms with Crippen molar-refractivity contribution < 1.29 is 23.9 Å². The average Bonchev–Trinajstić information content (AvgIpc) is 3.00. The van der Waals surface area contributed by atoms with Crippen LogP contribution in [-0.2, 0) is 14.3 Å². The van der Waals surface area contributed by atoms with Crippen LogP contribution in [0.25, 0.3) is 0 Å². The van der Waals surface area contributed by atoms with E-state index in [1.807, 2.05) is 6.92 Å². The summed E-state index contributed by atoms with van der Waals surface area (Å²) in [5.74, 6) is -3.31. The maximum atomic E-state index is 12.8. The van der Waals surface area contributed by atoms with Gasteiger partial charge in [0.15, 0.2) is 6.61 Å². The number of carbonyl (C=O) groups excluding carboxylic acids is 4. The quantitative estimate of drug-likeness (QED) is 0.274. The monoisotopic (exact) mass is 502 g/mol. The largest absolute Gasteiger partial charge is 0.454 e. The highest BCUT2D eigenvalue weighted by Gasteiger charge is 2.45. The second kappa shape index (κ2) is 9.04. The van der Waals surface area contributed by atoms with Crippen LogP contribution in [0.2, 0.25) is 20.1 Å². The number of fused-ring (bicyclic) bond motifs is 1. The Morgan fingerprint density at radius 1 is 0.935 bits per heavy atom. The number of imide groups is 1. The first-order chi connectivity index (χ1) is 14.5. The Hall–Kier alpha value is -2.32. The van der Waals surface area contributed by atoms with Crippen molar-refractivity contribution in [3.63, 3.8) is 0 Å². The molecule has 0 aromatic heterocycles. The zero-order valence-electron chi connectivity index (χ0n) is 16.1. The van der Waals surface area contributed by atoms with E-state index in [0.29, 0.717) is 10.6 Å². The van der Waals surface area contributed by atoms with Gasteiger partial charge in [-0.05, 0) is 26.0 Å². The summed E-state index contributed by atoms with van der Waals surface area (Å²) in [4.78, 5) is 50.6. The van der Waals surface area contributed by atoms with Gasteiger partial charge in [-0.2, -0.15) is 0 Å². The van der Waals surface area contributed by atoms with Crippen molar-refractivity contribution in [1.82, 2.24) is 4.90 Å². The van der Waals surface area contributed by atoms with Gasteiger partial charge in [0, 0.05) is 5.69 Å². The summed E-state index contributed by atoms with van der Waals surface area (Å²) in [5.41, 5.74) is 1.05. The van der Waals surface area contributed by atoms with Gasteiger partial charge in [0.05, 0.1) is 31.2 Å². The number of hydrogen-bond acceptors (Lipinski definition) is 5. The number of hydrogen-bond donors (Lipinski definition) is 1. The number of rotatable bonds is 5. The number of carbonyl (C=O) groups is 4. The van der Waals surface area contributed by atoms with Crippen molar-refractivity contribution in [2.45, 2.75) is 19.9 Å². The molecule has 3 rings (SSSR count). The molecule has 31 heavy (non-hydrogen) atoms. The fourth-order valence-electron chi connectivity index (χ4n) is 2.91. The molecule has 1 N–H and O–H groups in total. The third kappa shape index (κ3) is 4.36. The lowest BCUT2D eigenvalue weighted by Crippen LogP contribution is -2.44. The molecule has 1 aliphatic heterocycles. The molecule has 3 amide bonds. The van der Waals surface area contributed by atoms with Gasteiger partial charge in [-0.25, -0.2) is 4.79 Å². The number of amides is 3. The van der Waals surface area contributed by atoms with Crippen molar-refractivity contribution >= 4 is 75.8 Å². The number of benzene rings is 2. The maximum Gasteiger partial charge on any atom is 0.329 e. The van der Waals surface area contributed by atoms with E-state index in [9.17, 15) is 19.2 Å². The van der Waals surface area contributed by atoms with E-state index < -0.39 is 36.3 Å². The van der Waals surface area contributed by atoms with E-state index in [4.69, 9.17) is 51.1 Å². The van der Waals surface area contributed by atoms with Crippen LogP contribution in [0.4, 0.5) is 5.69 Å². The molecular weight excluding hydrogens is 490 g/mol. The molecule has 1 aliphatic rings. The number of nitrogens with one attached hydrogen (secondary N) is 1. The average molecular weight is 504 g/mol. The highest BCUT2D eigenvalue weighted by Crippen LogP contribution is 2.45. The molecule has 0 spiro atoms. The van der Waals surface area contributed by atoms with E-state index in [2.05, 4.69) is 5.32 Å². The van der Waals surface area contributed by atoms with Crippen LogP contribution in [0.1, 0.15) is 33.2 Å². The van der Waals surface area contributed by atoms with Crippen molar-refractivity contribution in [2.75, 3.05) is 11.9 Å². The van der Waals surface area contributed by atoms with Crippen molar-refractivity contribution in [3.05, 3.63) is 61.0 Å². The Bertz CT molecular complexity index is 1070. The molecule has 0 radical (unpaired) electrons. The fraction of sp³-hybridized carbons (Fsp3) is 0.200. The van der Waals surface area contributed by atoms with Crippen molar-refractivity contribution in [2.24, 2.45) is 0 Å². The van der Waals surface area contributed by atoms with Gasteiger partial charge < -0.3 is 10.1 Å². The highest BCUT2D eigenvalue weighted by molar-refractivity contribution is 6.55. The van der Waals surface area contributed by atoms with Gasteiger partial charge in [0.2, 0.25) is 0 Å². The molecule has 11 heteroatoms. The standard InChI is InChI=1S/C20H14Cl4N2O5/c1-8-3-5-10(6-4-8)25-11(27)7-31-20(30)9(2)26-18(28)12-13(19(26)29)15(22)17(24)16(23)14(12)21/h3-6,9H,7H2,1-2H3,(H,25,27)/t9-/m0/s1. The molecule has 0 saturated heterocycles. The third-order valence-corrected chi connectivity index (χ3v) is 6.34. The molecule has 0 fully saturated rings. The second-order valence-corrected chi connectivity index (χ2v) is 8.20. The summed E-state index contributed by atoms with van der Waals surface area (Å²) in [6.45, 7) is 2.56. The predicted octanol–water partition coefficient (Wildman–Crippen LogP) is 4.78. The minimum absolute atomic E-state index is 0.182. The van der Waals surface area contributed by atoms with Crippen LogP contribution in [-0.4, -0.2) is 41.2 Å². The molecule has 1 heterocycles. The van der Waals surface area contributed by atoms with E-state index in [1.54, 1.807) is 24.3 Å². The van der Waals surface area contributed by atoms with E-state index in [1.165, 1.54) is 6.92 Å². The van der Waals surface area contributed by atoms with E-state index in [-0.39, 0.29) is 31.2 Å². The summed E-state index contributed by atoms with van der Waals surface area (Å²) in [5, 5.41) is 1.71. The molecule has 1 atom stereocenters. The normalized spacial score (nSPS) is 13.8. The van der Waals surface area contributed by atoms with Gasteiger partial charge >= 0.3 is 5.97 Å². The topological polar surface area (TPSA) is 92.8 Å². The molecule has 7 nitrogen and oxygen atoms in total. The number of esters is 1. The first kappa shape index (κ1) is 23.3. The molecule has 0 aliphatic carbocycles. The van der Waals surface area contributed by atoms with Crippen LogP contribution >= 0.6 is 46.4 Å². The second-order valence-electron chi connectivity index (χ2n) is 6.68. The van der Waals surface area contributed by atoms with Gasteiger partial charge in [-0.15, -0.1) is 0 Å². The third-order valence-electron chi connectivity index (χ3n) is 4.54. The highest BCUT2D eigenvalue weighted by atomic mass is 35.5. The summed E-state index contributed by atoms with van der Waals surface area (Å²) in [7, 11) is 0. The van der Waals surface area contributed by atoms with Crippen molar-refractivity contribution in [1.29, 1.82) is 0 Å². The molecule has 0 unspecified atom stereocenters. The number of aryl methyl sites for hydroxylation is 1. The predicted molar refractivity (Wildman–Crippen MR) is 117 cm³/mol. The lowest BCUT2D eigenvalue weighted by molar-refractivity contribution is -0.150. The summed E-state index contributed by atoms with van der Waals surface area (Å²) in [6, 6.07) is 5.64. The molecule has 2 aromatic rings.